The van der Waals surface area contributed by atoms with E-state index < -0.39 is 12.1 Å². The van der Waals surface area contributed by atoms with Crippen molar-refractivity contribution in [1.29, 1.82) is 0 Å². The van der Waals surface area contributed by atoms with Crippen molar-refractivity contribution in [2.45, 2.75) is 17.5 Å². The summed E-state index contributed by atoms with van der Waals surface area (Å²) in [6.07, 6.45) is 6.43. The molecule has 0 bridgehead atoms. The highest BCUT2D eigenvalue weighted by Gasteiger charge is 2.20. The molecule has 5 rings (SSSR count). The number of nitrogens with one attached hydrogen (secondary N) is 2. The van der Waals surface area contributed by atoms with Gasteiger partial charge in [0.25, 0.3) is 0 Å². The average Bonchev–Trinajstić information content (AvgIpc) is 3.59. The lowest BCUT2D eigenvalue weighted by Gasteiger charge is -2.19. The van der Waals surface area contributed by atoms with Crippen LogP contribution in [0.5, 0.6) is 0 Å². The SMILES string of the molecule is COC(=O)Nc1ccc(-c2cc([C@H](Cc3ccccc3)NC(=O)C=Cc3cc(Cl)ccc3-n3cnnn3)nnc2SC)cc1. The van der Waals surface area contributed by atoms with Crippen molar-refractivity contribution in [3.63, 3.8) is 0 Å². The lowest BCUT2D eigenvalue weighted by molar-refractivity contribution is -0.117. The first-order valence-corrected chi connectivity index (χ1v) is 15.0. The van der Waals surface area contributed by atoms with E-state index in [4.69, 9.17) is 11.6 Å². The van der Waals surface area contributed by atoms with E-state index in [1.165, 1.54) is 36.0 Å². The topological polar surface area (TPSA) is 137 Å². The van der Waals surface area contributed by atoms with Gasteiger partial charge in [0.2, 0.25) is 5.91 Å². The predicted molar refractivity (Wildman–Crippen MR) is 170 cm³/mol. The van der Waals surface area contributed by atoms with Crippen molar-refractivity contribution in [2.24, 2.45) is 0 Å². The minimum Gasteiger partial charge on any atom is -0.453 e. The van der Waals surface area contributed by atoms with E-state index in [2.05, 4.69) is 41.1 Å². The molecule has 2 aromatic heterocycles. The molecule has 2 amide bonds. The maximum absolute atomic E-state index is 13.3. The van der Waals surface area contributed by atoms with E-state index in [0.29, 0.717) is 34.1 Å². The number of aromatic nitrogens is 6. The number of ether oxygens (including phenoxy) is 1. The minimum absolute atomic E-state index is 0.330. The highest BCUT2D eigenvalue weighted by atomic mass is 35.5. The lowest BCUT2D eigenvalue weighted by Crippen LogP contribution is -2.29. The third-order valence-electron chi connectivity index (χ3n) is 6.56. The molecule has 0 unspecified atom stereocenters. The fraction of sp³-hybridized carbons (Fsp3) is 0.129. The van der Waals surface area contributed by atoms with Crippen molar-refractivity contribution in [1.82, 2.24) is 35.7 Å². The number of amides is 2. The van der Waals surface area contributed by atoms with Crippen molar-refractivity contribution < 1.29 is 14.3 Å². The molecular formula is C31H27ClN8O3S. The Kier molecular flexibility index (Phi) is 9.95. The molecule has 5 aromatic rings. The van der Waals surface area contributed by atoms with Gasteiger partial charge in [-0.15, -0.1) is 22.0 Å². The smallest absolute Gasteiger partial charge is 0.411 e. The van der Waals surface area contributed by atoms with Gasteiger partial charge in [-0.2, -0.15) is 9.78 Å². The monoisotopic (exact) mass is 626 g/mol. The number of carbonyl (C=O) groups excluding carboxylic acids is 2. The molecular weight excluding hydrogens is 600 g/mol. The van der Waals surface area contributed by atoms with E-state index in [-0.39, 0.29) is 5.91 Å². The maximum Gasteiger partial charge on any atom is 0.411 e. The van der Waals surface area contributed by atoms with Crippen molar-refractivity contribution in [3.8, 4) is 16.8 Å². The molecule has 0 saturated heterocycles. The summed E-state index contributed by atoms with van der Waals surface area (Å²) in [4.78, 5) is 24.9. The Morgan fingerprint density at radius 2 is 1.84 bits per heavy atom. The van der Waals surface area contributed by atoms with Crippen LogP contribution in [0.2, 0.25) is 5.02 Å². The van der Waals surface area contributed by atoms with Gasteiger partial charge in [-0.1, -0.05) is 54.1 Å². The Bertz CT molecular complexity index is 1770. The quantitative estimate of drug-likeness (QED) is 0.146. The second kappa shape index (κ2) is 14.4. The van der Waals surface area contributed by atoms with Crippen LogP contribution in [0, 0.1) is 0 Å². The van der Waals surface area contributed by atoms with Crippen LogP contribution < -0.4 is 10.6 Å². The van der Waals surface area contributed by atoms with Crippen LogP contribution in [0.1, 0.15) is 22.9 Å². The summed E-state index contributed by atoms with van der Waals surface area (Å²) in [5, 5.41) is 27.3. The van der Waals surface area contributed by atoms with Crippen LogP contribution >= 0.6 is 23.4 Å². The Morgan fingerprint density at radius 1 is 1.05 bits per heavy atom. The Morgan fingerprint density at radius 3 is 2.55 bits per heavy atom. The fourth-order valence-corrected chi connectivity index (χ4v) is 5.13. The summed E-state index contributed by atoms with van der Waals surface area (Å²) in [5.41, 5.74) is 5.26. The normalized spacial score (nSPS) is 11.7. The summed E-state index contributed by atoms with van der Waals surface area (Å²) < 4.78 is 6.17. The van der Waals surface area contributed by atoms with Crippen LogP contribution in [0.15, 0.2) is 96.3 Å². The van der Waals surface area contributed by atoms with E-state index in [1.54, 1.807) is 36.4 Å². The number of hydrogen-bond acceptors (Lipinski definition) is 9. The number of tetrazole rings is 1. The number of carbonyl (C=O) groups is 2. The number of hydrogen-bond donors (Lipinski definition) is 2. The van der Waals surface area contributed by atoms with Crippen LogP contribution in [-0.2, 0) is 16.0 Å². The average molecular weight is 627 g/mol. The van der Waals surface area contributed by atoms with Gasteiger partial charge in [0.15, 0.2) is 0 Å². The van der Waals surface area contributed by atoms with E-state index in [9.17, 15) is 9.59 Å². The van der Waals surface area contributed by atoms with Gasteiger partial charge in [0, 0.05) is 27.9 Å². The Balaban J connectivity index is 1.44. The molecule has 0 aliphatic carbocycles. The maximum atomic E-state index is 13.3. The molecule has 44 heavy (non-hydrogen) atoms. The number of benzene rings is 3. The molecule has 3 aromatic carbocycles. The second-order valence-corrected chi connectivity index (χ2v) is 10.7. The predicted octanol–water partition coefficient (Wildman–Crippen LogP) is 5.79. The molecule has 1 atom stereocenters. The van der Waals surface area contributed by atoms with Gasteiger partial charge in [0.05, 0.1) is 24.5 Å². The fourth-order valence-electron chi connectivity index (χ4n) is 4.43. The molecule has 11 nitrogen and oxygen atoms in total. The number of halogens is 1. The van der Waals surface area contributed by atoms with Gasteiger partial charge < -0.3 is 10.1 Å². The zero-order valence-electron chi connectivity index (χ0n) is 23.7. The van der Waals surface area contributed by atoms with Crippen molar-refractivity contribution >= 4 is 47.1 Å². The van der Waals surface area contributed by atoms with E-state index >= 15 is 0 Å². The van der Waals surface area contributed by atoms with Gasteiger partial charge in [-0.05, 0) is 76.7 Å². The van der Waals surface area contributed by atoms with Gasteiger partial charge in [0.1, 0.15) is 11.4 Å². The summed E-state index contributed by atoms with van der Waals surface area (Å²) >= 11 is 7.70. The third-order valence-corrected chi connectivity index (χ3v) is 7.48. The first kappa shape index (κ1) is 30.4. The largest absolute Gasteiger partial charge is 0.453 e. The van der Waals surface area contributed by atoms with Crippen LogP contribution in [-0.4, -0.2) is 55.8 Å². The number of methoxy groups -OCH3 is 1. The molecule has 2 N–H and O–H groups in total. The highest BCUT2D eigenvalue weighted by molar-refractivity contribution is 7.98. The van der Waals surface area contributed by atoms with Gasteiger partial charge >= 0.3 is 6.09 Å². The van der Waals surface area contributed by atoms with Gasteiger partial charge in [-0.3, -0.25) is 10.1 Å². The molecule has 13 heteroatoms. The molecule has 0 aliphatic heterocycles. The first-order valence-electron chi connectivity index (χ1n) is 13.4. The molecule has 0 saturated carbocycles. The molecule has 0 radical (unpaired) electrons. The second-order valence-electron chi connectivity index (χ2n) is 9.43. The van der Waals surface area contributed by atoms with Crippen LogP contribution in [0.3, 0.4) is 0 Å². The Labute approximate surface area is 262 Å². The molecule has 2 heterocycles. The number of nitrogens with zero attached hydrogens (tertiary/aromatic N) is 6. The Hall–Kier alpha value is -5.07. The first-order chi connectivity index (χ1) is 21.4. The van der Waals surface area contributed by atoms with Crippen molar-refractivity contribution in [3.05, 3.63) is 113 Å². The van der Waals surface area contributed by atoms with E-state index in [0.717, 1.165) is 21.7 Å². The molecule has 0 aliphatic rings. The summed E-state index contributed by atoms with van der Waals surface area (Å²) in [5.74, 6) is -0.330. The van der Waals surface area contributed by atoms with Gasteiger partial charge in [-0.25, -0.2) is 4.79 Å². The molecule has 0 spiro atoms. The summed E-state index contributed by atoms with van der Waals surface area (Å²) in [7, 11) is 1.31. The lowest BCUT2D eigenvalue weighted by atomic mass is 10.00. The summed E-state index contributed by atoms with van der Waals surface area (Å²) in [6.45, 7) is 0. The summed E-state index contributed by atoms with van der Waals surface area (Å²) in [6, 6.07) is 23.8. The molecule has 0 fully saturated rings. The number of anilines is 1. The zero-order chi connectivity index (χ0) is 30.9. The van der Waals surface area contributed by atoms with Crippen molar-refractivity contribution in [2.75, 3.05) is 18.7 Å². The highest BCUT2D eigenvalue weighted by Crippen LogP contribution is 2.31. The zero-order valence-corrected chi connectivity index (χ0v) is 25.3. The van der Waals surface area contributed by atoms with Crippen LogP contribution in [0.25, 0.3) is 22.9 Å². The van der Waals surface area contributed by atoms with Crippen LogP contribution in [0.4, 0.5) is 10.5 Å². The standard InChI is InChI=1S/C31H27ClN8O3S/c1-43-31(42)34-24-12-8-21(9-13-24)25-18-27(36-37-30(25)44-2)26(16-20-6-4-3-5-7-20)35-29(41)15-10-22-17-23(32)11-14-28(22)40-19-33-38-39-40/h3-15,17-19,26H,16H2,1-2H3,(H,34,42)(H,35,41)/t26-/m0/s1. The number of rotatable bonds is 10. The van der Waals surface area contributed by atoms with E-state index in [1.807, 2.05) is 54.8 Å². The number of thioether (sulfide) groups is 1. The third kappa shape index (κ3) is 7.65. The minimum atomic E-state index is -0.550. The molecule has 222 valence electrons.